The van der Waals surface area contributed by atoms with Gasteiger partial charge in [0.05, 0.1) is 18.8 Å². The zero-order valence-corrected chi connectivity index (χ0v) is 15.0. The minimum absolute atomic E-state index is 0.00194. The number of hydrogen-bond acceptors (Lipinski definition) is 6. The van der Waals surface area contributed by atoms with Crippen LogP contribution < -0.4 is 4.90 Å². The summed E-state index contributed by atoms with van der Waals surface area (Å²) in [7, 11) is 0. The Hall–Kier alpha value is -3.85. The number of aromatic nitrogens is 2. The minimum Gasteiger partial charge on any atom is -0.373 e. The molecule has 1 aromatic heterocycles. The molecule has 0 amide bonds. The first-order chi connectivity index (χ1) is 13.1. The molecule has 2 heterocycles. The van der Waals surface area contributed by atoms with Gasteiger partial charge in [-0.3, -0.25) is 9.98 Å². The summed E-state index contributed by atoms with van der Waals surface area (Å²) < 4.78 is 0. The minimum atomic E-state index is 0.00194. The second kappa shape index (κ2) is 8.02. The lowest BCUT2D eigenvalue weighted by Crippen LogP contribution is -2.28. The largest absolute Gasteiger partial charge is 0.414 e. The summed E-state index contributed by atoms with van der Waals surface area (Å²) in [5, 5.41) is 8.20. The molecule has 9 heteroatoms. The molecular formula is C18H17N9. The second-order valence-corrected chi connectivity index (χ2v) is 5.71. The van der Waals surface area contributed by atoms with E-state index >= 15 is 0 Å². The molecule has 2 aromatic rings. The summed E-state index contributed by atoms with van der Waals surface area (Å²) >= 11 is 0. The predicted octanol–water partition coefficient (Wildman–Crippen LogP) is 4.54. The summed E-state index contributed by atoms with van der Waals surface area (Å²) in [6, 6.07) is 5.89. The molecule has 0 saturated heterocycles. The van der Waals surface area contributed by atoms with E-state index in [0.717, 1.165) is 23.6 Å². The van der Waals surface area contributed by atoms with Crippen molar-refractivity contribution in [3.05, 3.63) is 46.6 Å². The number of H-pyrrole nitrogens is 1. The van der Waals surface area contributed by atoms with Gasteiger partial charge < -0.3 is 14.6 Å². The van der Waals surface area contributed by atoms with E-state index < -0.39 is 0 Å². The highest BCUT2D eigenvalue weighted by molar-refractivity contribution is 5.97. The van der Waals surface area contributed by atoms with Crippen molar-refractivity contribution in [1.82, 2.24) is 9.97 Å². The Kier molecular flexibility index (Phi) is 5.33. The third kappa shape index (κ3) is 4.05. The van der Waals surface area contributed by atoms with Crippen molar-refractivity contribution < 1.29 is 0 Å². The molecule has 1 aromatic carbocycles. The molecule has 0 atom stereocenters. The topological polar surface area (TPSA) is 90.1 Å². The quantitative estimate of drug-likeness (QED) is 0.606. The smallest absolute Gasteiger partial charge is 0.373 e. The van der Waals surface area contributed by atoms with Crippen molar-refractivity contribution in [2.75, 3.05) is 24.5 Å². The van der Waals surface area contributed by atoms with Gasteiger partial charge in [-0.25, -0.2) is 4.99 Å². The molecular weight excluding hydrogens is 342 g/mol. The number of anilines is 1. The van der Waals surface area contributed by atoms with Gasteiger partial charge in [-0.1, -0.05) is 23.2 Å². The highest BCUT2D eigenvalue weighted by Gasteiger charge is 2.14. The summed E-state index contributed by atoms with van der Waals surface area (Å²) in [6.07, 6.45) is 1.81. The number of nitrogens with zero attached hydrogens (tertiary/aromatic N) is 8. The van der Waals surface area contributed by atoms with Crippen LogP contribution >= 0.6 is 0 Å². The van der Waals surface area contributed by atoms with Crippen molar-refractivity contribution in [3.8, 4) is 0 Å². The van der Waals surface area contributed by atoms with Gasteiger partial charge in [-0.05, 0) is 37.6 Å². The van der Waals surface area contributed by atoms with Gasteiger partial charge in [0.1, 0.15) is 5.84 Å². The lowest BCUT2D eigenvalue weighted by Gasteiger charge is -2.22. The van der Waals surface area contributed by atoms with Crippen molar-refractivity contribution in [2.24, 2.45) is 20.2 Å². The van der Waals surface area contributed by atoms with Crippen LogP contribution in [0.5, 0.6) is 0 Å². The van der Waals surface area contributed by atoms with E-state index in [0.29, 0.717) is 18.8 Å². The molecule has 3 rings (SSSR count). The zero-order valence-electron chi connectivity index (χ0n) is 15.0. The van der Waals surface area contributed by atoms with E-state index in [1.165, 1.54) is 0 Å². The average Bonchev–Trinajstić information content (AvgIpc) is 3.34. The monoisotopic (exact) mass is 359 g/mol. The van der Waals surface area contributed by atoms with Crippen LogP contribution in [0.15, 0.2) is 38.4 Å². The van der Waals surface area contributed by atoms with Gasteiger partial charge in [0.2, 0.25) is 0 Å². The molecule has 9 nitrogen and oxygen atoms in total. The number of likely N-dealkylation sites (N-methyl/N-ethyl adjacent to an activating group) is 1. The van der Waals surface area contributed by atoms with Gasteiger partial charge >= 0.3 is 5.95 Å². The zero-order chi connectivity index (χ0) is 19.2. The third-order valence-corrected chi connectivity index (χ3v) is 3.98. The number of aromatic amines is 1. The van der Waals surface area contributed by atoms with Crippen LogP contribution in [0.4, 0.5) is 29.0 Å². The number of benzene rings is 1. The maximum atomic E-state index is 7.01. The Morgan fingerprint density at radius 2 is 2.11 bits per heavy atom. The fourth-order valence-electron chi connectivity index (χ4n) is 2.58. The highest BCUT2D eigenvalue weighted by Crippen LogP contribution is 2.30. The lowest BCUT2D eigenvalue weighted by atomic mass is 10.1. The molecule has 0 unspecified atom stereocenters. The van der Waals surface area contributed by atoms with Crippen molar-refractivity contribution in [3.63, 3.8) is 0 Å². The maximum Gasteiger partial charge on any atom is 0.414 e. The molecule has 1 N–H and O–H groups in total. The van der Waals surface area contributed by atoms with Crippen LogP contribution in [-0.2, 0) is 0 Å². The van der Waals surface area contributed by atoms with Crippen molar-refractivity contribution in [1.29, 1.82) is 0 Å². The number of imidazole rings is 1. The summed E-state index contributed by atoms with van der Waals surface area (Å²) in [5.74, 6) is 1.05. The maximum absolute atomic E-state index is 7.01. The molecule has 0 saturated carbocycles. The van der Waals surface area contributed by atoms with Crippen molar-refractivity contribution in [2.45, 2.75) is 13.8 Å². The Bertz CT molecular complexity index is 983. The number of rotatable bonds is 6. The summed E-state index contributed by atoms with van der Waals surface area (Å²) in [5.41, 5.74) is 2.70. The second-order valence-electron chi connectivity index (χ2n) is 5.71. The number of nitrogens with one attached hydrogen (secondary N) is 1. The van der Waals surface area contributed by atoms with Gasteiger partial charge in [0.25, 0.3) is 11.6 Å². The molecule has 27 heavy (non-hydrogen) atoms. The van der Waals surface area contributed by atoms with Crippen LogP contribution in [0.1, 0.15) is 12.5 Å². The number of amidine groups is 1. The molecule has 1 aliphatic heterocycles. The SMILES string of the molecule is [C-]#[N+]c1nc(N=Nc2ccc(N(CC)CC3=NCC=N3)cc2C)[nH]c1[N+]#[C-]. The Labute approximate surface area is 156 Å². The molecule has 0 spiro atoms. The molecule has 0 bridgehead atoms. The third-order valence-electron chi connectivity index (χ3n) is 3.98. The van der Waals surface area contributed by atoms with E-state index in [1.807, 2.05) is 31.3 Å². The number of aryl methyl sites for hydroxylation is 1. The van der Waals surface area contributed by atoms with E-state index in [-0.39, 0.29) is 17.6 Å². The molecule has 0 fully saturated rings. The van der Waals surface area contributed by atoms with E-state index in [4.69, 9.17) is 13.1 Å². The molecule has 0 radical (unpaired) electrons. The van der Waals surface area contributed by atoms with Gasteiger partial charge in [0, 0.05) is 18.4 Å². The normalized spacial score (nSPS) is 12.8. The Morgan fingerprint density at radius 1 is 1.26 bits per heavy atom. The first-order valence-electron chi connectivity index (χ1n) is 8.32. The van der Waals surface area contributed by atoms with Crippen LogP contribution in [0.3, 0.4) is 0 Å². The van der Waals surface area contributed by atoms with E-state index in [2.05, 4.69) is 51.7 Å². The molecule has 1 aliphatic rings. The number of aliphatic imine (C=N–C) groups is 2. The molecule has 0 aliphatic carbocycles. The fraction of sp³-hybridized carbons (Fsp3) is 0.278. The molecule has 134 valence electrons. The first-order valence-corrected chi connectivity index (χ1v) is 8.32. The fourth-order valence-corrected chi connectivity index (χ4v) is 2.58. The first kappa shape index (κ1) is 18.0. The van der Waals surface area contributed by atoms with Crippen molar-refractivity contribution >= 4 is 41.0 Å². The average molecular weight is 359 g/mol. The summed E-state index contributed by atoms with van der Waals surface area (Å²) in [6.45, 7) is 20.2. The van der Waals surface area contributed by atoms with E-state index in [1.54, 1.807) is 0 Å². The van der Waals surface area contributed by atoms with Gasteiger partial charge in [-0.15, -0.1) is 5.11 Å². The Morgan fingerprint density at radius 3 is 2.70 bits per heavy atom. The van der Waals surface area contributed by atoms with Gasteiger partial charge in [0.15, 0.2) is 0 Å². The lowest BCUT2D eigenvalue weighted by molar-refractivity contribution is 0.918. The number of azo groups is 1. The standard InChI is InChI=1S/C18H17N9/c1-5-27(11-15-21-8-9-22-15)13-6-7-14(12(2)10-13)25-26-18-23-16(19-3)17(20-4)24-18/h6-8,10H,5,9,11H2,1-2H3,(H,23,24). The van der Waals surface area contributed by atoms with Gasteiger partial charge in [-0.2, -0.15) is 0 Å². The van der Waals surface area contributed by atoms with E-state index in [9.17, 15) is 0 Å². The van der Waals surface area contributed by atoms with Crippen LogP contribution in [-0.4, -0.2) is 41.7 Å². The summed E-state index contributed by atoms with van der Waals surface area (Å²) in [4.78, 5) is 23.8. The highest BCUT2D eigenvalue weighted by atomic mass is 15.2. The van der Waals surface area contributed by atoms with Crippen LogP contribution in [0.25, 0.3) is 9.69 Å². The Balaban J connectivity index is 1.78. The predicted molar refractivity (Wildman–Crippen MR) is 105 cm³/mol. The number of hydrogen-bond donors (Lipinski definition) is 1. The van der Waals surface area contributed by atoms with Crippen LogP contribution in [0, 0.1) is 20.1 Å². The van der Waals surface area contributed by atoms with Crippen LogP contribution in [0.2, 0.25) is 0 Å².